The highest BCUT2D eigenvalue weighted by Crippen LogP contribution is 2.28. The maximum Gasteiger partial charge on any atom is -0.00658 e. The van der Waals surface area contributed by atoms with Crippen LogP contribution in [0, 0.1) is 5.92 Å². The van der Waals surface area contributed by atoms with Gasteiger partial charge in [-0.2, -0.15) is 0 Å². The van der Waals surface area contributed by atoms with E-state index in [1.165, 1.54) is 30.5 Å². The van der Waals surface area contributed by atoms with Gasteiger partial charge in [0.05, 0.1) is 0 Å². The largest absolute Gasteiger partial charge is 0.0897 e. The van der Waals surface area contributed by atoms with Gasteiger partial charge >= 0.3 is 0 Å². The van der Waals surface area contributed by atoms with Crippen LogP contribution in [0.3, 0.4) is 0 Å². The second-order valence-corrected chi connectivity index (χ2v) is 3.18. The van der Waals surface area contributed by atoms with Crippen molar-refractivity contribution < 1.29 is 0 Å². The Morgan fingerprint density at radius 2 is 2.25 bits per heavy atom. The standard InChI is InChI=1S/C7H12S/c1-2-3-6-4-7(8)5-6/h6H,2-5H2,1H3. The lowest BCUT2D eigenvalue weighted by atomic mass is 9.82. The summed E-state index contributed by atoms with van der Waals surface area (Å²) in [6.45, 7) is 2.24. The number of rotatable bonds is 2. The number of hydrogen-bond donors (Lipinski definition) is 0. The monoisotopic (exact) mass is 128 g/mol. The van der Waals surface area contributed by atoms with Crippen LogP contribution in [0.4, 0.5) is 0 Å². The molecular formula is C7H12S. The lowest BCUT2D eigenvalue weighted by Gasteiger charge is -2.25. The molecule has 0 aromatic carbocycles. The first-order valence-corrected chi connectivity index (χ1v) is 3.75. The van der Waals surface area contributed by atoms with Gasteiger partial charge < -0.3 is 0 Å². The molecular weight excluding hydrogens is 116 g/mol. The molecule has 0 atom stereocenters. The SMILES string of the molecule is CCCC1CC(=S)C1. The van der Waals surface area contributed by atoms with Crippen LogP contribution in [0.1, 0.15) is 32.6 Å². The molecule has 0 bridgehead atoms. The molecule has 1 fully saturated rings. The summed E-state index contributed by atoms with van der Waals surface area (Å²) in [6.07, 6.45) is 5.19. The second-order valence-electron chi connectivity index (χ2n) is 2.60. The predicted octanol–water partition coefficient (Wildman–Crippen LogP) is 2.57. The van der Waals surface area contributed by atoms with E-state index in [-0.39, 0.29) is 0 Å². The first-order chi connectivity index (χ1) is 3.83. The lowest BCUT2D eigenvalue weighted by molar-refractivity contribution is 0.463. The summed E-state index contributed by atoms with van der Waals surface area (Å²) < 4.78 is 0. The molecule has 0 aromatic heterocycles. The van der Waals surface area contributed by atoms with Gasteiger partial charge in [-0.3, -0.25) is 0 Å². The molecule has 1 aliphatic carbocycles. The van der Waals surface area contributed by atoms with E-state index in [4.69, 9.17) is 12.2 Å². The quantitative estimate of drug-likeness (QED) is 0.515. The molecule has 0 amide bonds. The van der Waals surface area contributed by atoms with Crippen LogP contribution in [0.25, 0.3) is 0 Å². The summed E-state index contributed by atoms with van der Waals surface area (Å²) in [7, 11) is 0. The third kappa shape index (κ3) is 1.28. The molecule has 0 aliphatic heterocycles. The zero-order chi connectivity index (χ0) is 5.98. The molecule has 0 radical (unpaired) electrons. The van der Waals surface area contributed by atoms with Crippen molar-refractivity contribution in [3.63, 3.8) is 0 Å². The summed E-state index contributed by atoms with van der Waals surface area (Å²) in [5.41, 5.74) is 0. The molecule has 0 unspecified atom stereocenters. The maximum absolute atomic E-state index is 4.97. The highest BCUT2D eigenvalue weighted by atomic mass is 32.1. The van der Waals surface area contributed by atoms with Crippen molar-refractivity contribution >= 4 is 17.1 Å². The van der Waals surface area contributed by atoms with E-state index >= 15 is 0 Å². The van der Waals surface area contributed by atoms with Crippen LogP contribution < -0.4 is 0 Å². The Bertz CT molecular complexity index is 88.6. The van der Waals surface area contributed by atoms with E-state index in [1.807, 2.05) is 0 Å². The molecule has 0 heterocycles. The van der Waals surface area contributed by atoms with Gasteiger partial charge in [-0.25, -0.2) is 0 Å². The Labute approximate surface area is 56.3 Å². The van der Waals surface area contributed by atoms with E-state index in [9.17, 15) is 0 Å². The van der Waals surface area contributed by atoms with Crippen LogP contribution in [0.5, 0.6) is 0 Å². The van der Waals surface area contributed by atoms with Crippen LogP contribution in [0.15, 0.2) is 0 Å². The van der Waals surface area contributed by atoms with Crippen molar-refractivity contribution in [2.24, 2.45) is 5.92 Å². The molecule has 0 saturated heterocycles. The number of hydrogen-bond acceptors (Lipinski definition) is 1. The summed E-state index contributed by atoms with van der Waals surface area (Å²) >= 11 is 4.97. The molecule has 46 valence electrons. The zero-order valence-corrected chi connectivity index (χ0v) is 6.13. The Morgan fingerprint density at radius 1 is 1.62 bits per heavy atom. The van der Waals surface area contributed by atoms with Crippen LogP contribution in [-0.2, 0) is 0 Å². The van der Waals surface area contributed by atoms with Crippen LogP contribution in [0.2, 0.25) is 0 Å². The zero-order valence-electron chi connectivity index (χ0n) is 5.31. The van der Waals surface area contributed by atoms with Crippen LogP contribution >= 0.6 is 12.2 Å². The Morgan fingerprint density at radius 3 is 2.62 bits per heavy atom. The van der Waals surface area contributed by atoms with Gasteiger partial charge in [-0.05, 0) is 23.6 Å². The van der Waals surface area contributed by atoms with Crippen molar-refractivity contribution in [2.45, 2.75) is 32.6 Å². The van der Waals surface area contributed by atoms with Crippen molar-refractivity contribution in [1.82, 2.24) is 0 Å². The van der Waals surface area contributed by atoms with E-state index < -0.39 is 0 Å². The van der Waals surface area contributed by atoms with Crippen molar-refractivity contribution in [3.05, 3.63) is 0 Å². The molecule has 1 rings (SSSR count). The van der Waals surface area contributed by atoms with E-state index in [0.717, 1.165) is 5.92 Å². The molecule has 8 heavy (non-hydrogen) atoms. The predicted molar refractivity (Wildman–Crippen MR) is 40.2 cm³/mol. The molecule has 0 spiro atoms. The van der Waals surface area contributed by atoms with Gasteiger partial charge in [0.25, 0.3) is 0 Å². The normalized spacial score (nSPS) is 20.9. The second kappa shape index (κ2) is 2.58. The third-order valence-corrected chi connectivity index (χ3v) is 2.06. The van der Waals surface area contributed by atoms with Gasteiger partial charge in [-0.15, -0.1) is 0 Å². The van der Waals surface area contributed by atoms with E-state index in [0.29, 0.717) is 0 Å². The number of thiocarbonyl (C=S) groups is 1. The average molecular weight is 128 g/mol. The minimum absolute atomic E-state index is 0.965. The molecule has 1 heteroatoms. The fourth-order valence-electron chi connectivity index (χ4n) is 1.20. The smallest absolute Gasteiger partial charge is 0.00658 e. The first kappa shape index (κ1) is 6.21. The molecule has 1 saturated carbocycles. The molecule has 1 aliphatic rings. The lowest BCUT2D eigenvalue weighted by Crippen LogP contribution is -2.20. The van der Waals surface area contributed by atoms with Crippen molar-refractivity contribution in [2.75, 3.05) is 0 Å². The summed E-state index contributed by atoms with van der Waals surface area (Å²) in [5.74, 6) is 0.965. The molecule has 0 N–H and O–H groups in total. The molecule has 0 aromatic rings. The maximum atomic E-state index is 4.97. The van der Waals surface area contributed by atoms with Crippen LogP contribution in [-0.4, -0.2) is 4.86 Å². The highest BCUT2D eigenvalue weighted by Gasteiger charge is 2.20. The Balaban J connectivity index is 2.06. The fourth-order valence-corrected chi connectivity index (χ4v) is 1.67. The highest BCUT2D eigenvalue weighted by molar-refractivity contribution is 7.80. The van der Waals surface area contributed by atoms with E-state index in [1.54, 1.807) is 0 Å². The first-order valence-electron chi connectivity index (χ1n) is 3.34. The van der Waals surface area contributed by atoms with Gasteiger partial charge in [0.15, 0.2) is 0 Å². The molecule has 0 nitrogen and oxygen atoms in total. The fraction of sp³-hybridized carbons (Fsp3) is 0.857. The van der Waals surface area contributed by atoms with Crippen molar-refractivity contribution in [1.29, 1.82) is 0 Å². The summed E-state index contributed by atoms with van der Waals surface area (Å²) in [5, 5.41) is 0. The third-order valence-electron chi connectivity index (χ3n) is 1.73. The van der Waals surface area contributed by atoms with Gasteiger partial charge in [0.2, 0.25) is 0 Å². The Hall–Kier alpha value is 0.0900. The van der Waals surface area contributed by atoms with Gasteiger partial charge in [0, 0.05) is 0 Å². The summed E-state index contributed by atoms with van der Waals surface area (Å²) in [4.78, 5) is 1.29. The van der Waals surface area contributed by atoms with Crippen molar-refractivity contribution in [3.8, 4) is 0 Å². The Kier molecular flexibility index (Phi) is 2.01. The van der Waals surface area contributed by atoms with Gasteiger partial charge in [-0.1, -0.05) is 32.0 Å². The minimum atomic E-state index is 0.965. The van der Waals surface area contributed by atoms with Gasteiger partial charge in [0.1, 0.15) is 0 Å². The minimum Gasteiger partial charge on any atom is -0.0897 e. The summed E-state index contributed by atoms with van der Waals surface area (Å²) in [6, 6.07) is 0. The topological polar surface area (TPSA) is 0 Å². The van der Waals surface area contributed by atoms with E-state index in [2.05, 4.69) is 6.92 Å². The average Bonchev–Trinajstić information content (AvgIpc) is 1.64.